The first kappa shape index (κ1) is 13.5. The van der Waals surface area contributed by atoms with Crippen molar-refractivity contribution in [1.82, 2.24) is 4.72 Å². The van der Waals surface area contributed by atoms with Crippen LogP contribution in [0.15, 0.2) is 0 Å². The summed E-state index contributed by atoms with van der Waals surface area (Å²) in [4.78, 5) is 0. The van der Waals surface area contributed by atoms with Crippen LogP contribution in [0.3, 0.4) is 0 Å². The van der Waals surface area contributed by atoms with Crippen molar-refractivity contribution in [3.63, 3.8) is 0 Å². The fourth-order valence-corrected chi connectivity index (χ4v) is 3.95. The van der Waals surface area contributed by atoms with Crippen molar-refractivity contribution in [3.8, 4) is 0 Å². The molecule has 1 fully saturated rings. The lowest BCUT2D eigenvalue weighted by Crippen LogP contribution is -2.36. The lowest BCUT2D eigenvalue weighted by molar-refractivity contribution is 0.454. The molecule has 0 amide bonds. The van der Waals surface area contributed by atoms with Crippen molar-refractivity contribution in [2.75, 3.05) is 17.6 Å². The molecule has 90 valence electrons. The number of nitrogens with one attached hydrogen (secondary N) is 1. The second-order valence-corrected chi connectivity index (χ2v) is 8.14. The van der Waals surface area contributed by atoms with E-state index >= 15 is 0 Å². The van der Waals surface area contributed by atoms with E-state index in [0.717, 1.165) is 18.2 Å². The van der Waals surface area contributed by atoms with Crippen LogP contribution in [0.2, 0.25) is 0 Å². The van der Waals surface area contributed by atoms with Crippen LogP contribution in [0, 0.1) is 10.8 Å². The molecule has 0 unspecified atom stereocenters. The van der Waals surface area contributed by atoms with Crippen LogP contribution in [0.25, 0.3) is 0 Å². The van der Waals surface area contributed by atoms with Crippen LogP contribution in [-0.4, -0.2) is 26.0 Å². The predicted molar refractivity (Wildman–Crippen MR) is 66.7 cm³/mol. The van der Waals surface area contributed by atoms with E-state index in [1.807, 2.05) is 20.8 Å². The summed E-state index contributed by atoms with van der Waals surface area (Å²) in [6.45, 7) is 6.38. The summed E-state index contributed by atoms with van der Waals surface area (Å²) in [7, 11) is -3.11. The van der Waals surface area contributed by atoms with Gasteiger partial charge in [-0.1, -0.05) is 36.7 Å². The van der Waals surface area contributed by atoms with Crippen molar-refractivity contribution in [2.45, 2.75) is 33.6 Å². The highest BCUT2D eigenvalue weighted by Gasteiger charge is 2.42. The number of halogens is 1. The Morgan fingerprint density at radius 2 is 1.87 bits per heavy atom. The van der Waals surface area contributed by atoms with Gasteiger partial charge in [0.25, 0.3) is 0 Å². The highest BCUT2D eigenvalue weighted by atomic mass is 79.9. The van der Waals surface area contributed by atoms with Gasteiger partial charge in [0.05, 0.1) is 5.75 Å². The standard InChI is InChI=1S/C10H20BrNO2S/c1-9(2,3)8-15(13,14)12-7-10(6-11)4-5-10/h12H,4-8H2,1-3H3. The van der Waals surface area contributed by atoms with E-state index in [1.54, 1.807) is 0 Å². The summed E-state index contributed by atoms with van der Waals surface area (Å²) >= 11 is 3.43. The van der Waals surface area contributed by atoms with Gasteiger partial charge in [-0.2, -0.15) is 0 Å². The monoisotopic (exact) mass is 297 g/mol. The highest BCUT2D eigenvalue weighted by molar-refractivity contribution is 9.09. The molecule has 0 aliphatic heterocycles. The number of sulfonamides is 1. The van der Waals surface area contributed by atoms with Gasteiger partial charge in [0.1, 0.15) is 0 Å². The minimum atomic E-state index is -3.11. The molecule has 1 aliphatic rings. The molecule has 1 aliphatic carbocycles. The van der Waals surface area contributed by atoms with Crippen LogP contribution >= 0.6 is 15.9 Å². The lowest BCUT2D eigenvalue weighted by Gasteiger charge is -2.20. The second-order valence-electron chi connectivity index (χ2n) is 5.77. The van der Waals surface area contributed by atoms with Gasteiger partial charge in [-0.25, -0.2) is 13.1 Å². The first-order valence-electron chi connectivity index (χ1n) is 5.21. The zero-order valence-corrected chi connectivity index (χ0v) is 12.0. The second kappa shape index (κ2) is 4.34. The molecule has 0 aromatic heterocycles. The van der Waals surface area contributed by atoms with Gasteiger partial charge in [0, 0.05) is 11.9 Å². The topological polar surface area (TPSA) is 46.2 Å². The number of rotatable bonds is 5. The first-order chi connectivity index (χ1) is 6.68. The molecule has 1 N–H and O–H groups in total. The summed E-state index contributed by atoms with van der Waals surface area (Å²) < 4.78 is 26.1. The Kier molecular flexibility index (Phi) is 3.89. The van der Waals surface area contributed by atoms with E-state index in [9.17, 15) is 8.42 Å². The van der Waals surface area contributed by atoms with Gasteiger partial charge < -0.3 is 0 Å². The maximum Gasteiger partial charge on any atom is 0.212 e. The summed E-state index contributed by atoms with van der Waals surface area (Å²) in [5, 5.41) is 0.887. The van der Waals surface area contributed by atoms with Crippen LogP contribution in [0.4, 0.5) is 0 Å². The van der Waals surface area contributed by atoms with E-state index in [4.69, 9.17) is 0 Å². The van der Waals surface area contributed by atoms with Gasteiger partial charge in [-0.15, -0.1) is 0 Å². The Morgan fingerprint density at radius 1 is 1.33 bits per heavy atom. The molecule has 15 heavy (non-hydrogen) atoms. The maximum atomic E-state index is 11.7. The molecule has 1 rings (SSSR count). The summed E-state index contributed by atoms with van der Waals surface area (Å²) in [5.74, 6) is 0.193. The fourth-order valence-electron chi connectivity index (χ4n) is 1.42. The fraction of sp³-hybridized carbons (Fsp3) is 1.00. The van der Waals surface area contributed by atoms with Crippen molar-refractivity contribution >= 4 is 26.0 Å². The van der Waals surface area contributed by atoms with E-state index in [1.165, 1.54) is 0 Å². The molecule has 0 spiro atoms. The lowest BCUT2D eigenvalue weighted by atomic mass is 10.0. The van der Waals surface area contributed by atoms with Gasteiger partial charge in [-0.05, 0) is 23.7 Å². The van der Waals surface area contributed by atoms with Crippen molar-refractivity contribution in [1.29, 1.82) is 0 Å². The number of hydrogen-bond donors (Lipinski definition) is 1. The third kappa shape index (κ3) is 4.83. The van der Waals surface area contributed by atoms with Crippen molar-refractivity contribution in [3.05, 3.63) is 0 Å². The molecule has 0 radical (unpaired) electrons. The average Bonchev–Trinajstić information content (AvgIpc) is 2.77. The molecule has 5 heteroatoms. The Hall–Kier alpha value is 0.390. The van der Waals surface area contributed by atoms with Gasteiger partial charge in [-0.3, -0.25) is 0 Å². The van der Waals surface area contributed by atoms with Crippen molar-refractivity contribution in [2.24, 2.45) is 10.8 Å². The van der Waals surface area contributed by atoms with Gasteiger partial charge >= 0.3 is 0 Å². The Morgan fingerprint density at radius 3 is 2.20 bits per heavy atom. The van der Waals surface area contributed by atoms with Gasteiger partial charge in [0.2, 0.25) is 10.0 Å². The molecular weight excluding hydrogens is 278 g/mol. The minimum absolute atomic E-state index is 0.184. The Labute approximate surface area is 101 Å². The molecule has 0 heterocycles. The predicted octanol–water partition coefficient (Wildman–Crippen LogP) is 2.13. The molecule has 3 nitrogen and oxygen atoms in total. The van der Waals surface area contributed by atoms with Crippen LogP contribution in [0.1, 0.15) is 33.6 Å². The van der Waals surface area contributed by atoms with Crippen molar-refractivity contribution < 1.29 is 8.42 Å². The largest absolute Gasteiger partial charge is 0.215 e. The molecule has 0 aromatic rings. The van der Waals surface area contributed by atoms with E-state index in [-0.39, 0.29) is 16.6 Å². The van der Waals surface area contributed by atoms with Crippen LogP contribution in [0.5, 0.6) is 0 Å². The molecular formula is C10H20BrNO2S. The molecule has 0 atom stereocenters. The first-order valence-corrected chi connectivity index (χ1v) is 7.99. The molecule has 0 bridgehead atoms. The number of hydrogen-bond acceptors (Lipinski definition) is 2. The van der Waals surface area contributed by atoms with Crippen LogP contribution < -0.4 is 4.72 Å². The third-order valence-electron chi connectivity index (χ3n) is 2.53. The average molecular weight is 298 g/mol. The smallest absolute Gasteiger partial charge is 0.212 e. The van der Waals surface area contributed by atoms with Crippen LogP contribution in [-0.2, 0) is 10.0 Å². The Balaban J connectivity index is 2.44. The summed E-state index contributed by atoms with van der Waals surface area (Å²) in [6.07, 6.45) is 2.24. The minimum Gasteiger partial charge on any atom is -0.215 e. The maximum absolute atomic E-state index is 11.7. The van der Waals surface area contributed by atoms with E-state index < -0.39 is 10.0 Å². The zero-order valence-electron chi connectivity index (χ0n) is 9.64. The summed E-state index contributed by atoms with van der Waals surface area (Å²) in [6, 6.07) is 0. The highest BCUT2D eigenvalue weighted by Crippen LogP contribution is 2.46. The Bertz CT molecular complexity index is 315. The molecule has 0 saturated heterocycles. The van der Waals surface area contributed by atoms with E-state index in [0.29, 0.717) is 6.54 Å². The third-order valence-corrected chi connectivity index (χ3v) is 5.55. The molecule has 1 saturated carbocycles. The zero-order chi connectivity index (χ0) is 11.7. The normalized spacial score (nSPS) is 20.3. The van der Waals surface area contributed by atoms with Gasteiger partial charge in [0.15, 0.2) is 0 Å². The van der Waals surface area contributed by atoms with E-state index in [2.05, 4.69) is 20.7 Å². The quantitative estimate of drug-likeness (QED) is 0.790. The number of alkyl halides is 1. The molecule has 0 aromatic carbocycles. The SMILES string of the molecule is CC(C)(C)CS(=O)(=O)NCC1(CBr)CC1. The summed E-state index contributed by atoms with van der Waals surface area (Å²) in [5.41, 5.74) is 0.0158.